The molecular formula is C19H15F3N2O4. The summed E-state index contributed by atoms with van der Waals surface area (Å²) in [6, 6.07) is 9.40. The first-order valence-electron chi connectivity index (χ1n) is 8.26. The molecule has 2 aromatic carbocycles. The number of nitrogens with zero attached hydrogens (tertiary/aromatic N) is 1. The number of halogens is 3. The van der Waals surface area contributed by atoms with Crippen LogP contribution in [0, 0.1) is 0 Å². The van der Waals surface area contributed by atoms with E-state index in [0.29, 0.717) is 11.3 Å². The molecule has 0 saturated carbocycles. The molecule has 3 rings (SSSR count). The van der Waals surface area contributed by atoms with Crippen molar-refractivity contribution in [1.82, 2.24) is 0 Å². The van der Waals surface area contributed by atoms with E-state index in [1.54, 1.807) is 24.3 Å². The van der Waals surface area contributed by atoms with E-state index in [1.807, 2.05) is 0 Å². The molecule has 1 saturated heterocycles. The largest absolute Gasteiger partial charge is 0.481 e. The number of carboxylic acid groups (broad SMARTS) is 1. The van der Waals surface area contributed by atoms with Crippen molar-refractivity contribution in [2.75, 3.05) is 10.2 Å². The molecule has 2 N–H and O–H groups in total. The number of carbonyl (C=O) groups is 3. The zero-order chi connectivity index (χ0) is 20.5. The maximum atomic E-state index is 12.9. The van der Waals surface area contributed by atoms with E-state index in [4.69, 9.17) is 5.11 Å². The molecule has 0 spiro atoms. The molecule has 9 heteroatoms. The van der Waals surface area contributed by atoms with E-state index in [2.05, 4.69) is 5.32 Å². The average Bonchev–Trinajstić information content (AvgIpc) is 2.89. The Labute approximate surface area is 157 Å². The number of amides is 2. The quantitative estimate of drug-likeness (QED) is 0.764. The van der Waals surface area contributed by atoms with Crippen molar-refractivity contribution in [3.05, 3.63) is 59.7 Å². The number of anilines is 2. The maximum Gasteiger partial charge on any atom is 0.416 e. The monoisotopic (exact) mass is 392 g/mol. The molecule has 2 aromatic rings. The predicted octanol–water partition coefficient (Wildman–Crippen LogP) is 3.08. The highest BCUT2D eigenvalue weighted by atomic mass is 19.4. The second kappa shape index (κ2) is 7.34. The summed E-state index contributed by atoms with van der Waals surface area (Å²) in [6.45, 7) is 0. The number of carbonyl (C=O) groups excluding carboxylic acids is 2. The molecule has 0 unspecified atom stereocenters. The Bertz CT molecular complexity index is 926. The van der Waals surface area contributed by atoms with E-state index in [-0.39, 0.29) is 18.5 Å². The first-order valence-corrected chi connectivity index (χ1v) is 8.26. The Hall–Kier alpha value is -3.36. The minimum absolute atomic E-state index is 0.133. The van der Waals surface area contributed by atoms with Crippen molar-refractivity contribution >= 4 is 29.2 Å². The van der Waals surface area contributed by atoms with Crippen molar-refractivity contribution in [2.24, 2.45) is 0 Å². The summed E-state index contributed by atoms with van der Waals surface area (Å²) in [4.78, 5) is 36.3. The first-order chi connectivity index (χ1) is 13.1. The van der Waals surface area contributed by atoms with Gasteiger partial charge in [-0.25, -0.2) is 4.90 Å². The number of nitrogens with one attached hydrogen (secondary N) is 1. The van der Waals surface area contributed by atoms with Crippen LogP contribution in [0.1, 0.15) is 17.5 Å². The zero-order valence-corrected chi connectivity index (χ0v) is 14.4. The summed E-state index contributed by atoms with van der Waals surface area (Å²) in [6.07, 6.45) is -4.94. The number of carboxylic acids is 1. The number of aliphatic carboxylic acids is 1. The van der Waals surface area contributed by atoms with Gasteiger partial charge in [0.2, 0.25) is 5.91 Å². The van der Waals surface area contributed by atoms with Gasteiger partial charge in [0.05, 0.1) is 24.1 Å². The molecule has 146 valence electrons. The van der Waals surface area contributed by atoms with Gasteiger partial charge < -0.3 is 10.4 Å². The number of imide groups is 1. The maximum absolute atomic E-state index is 12.9. The molecule has 0 radical (unpaired) electrons. The average molecular weight is 392 g/mol. The van der Waals surface area contributed by atoms with Gasteiger partial charge in [-0.3, -0.25) is 14.4 Å². The van der Waals surface area contributed by atoms with Gasteiger partial charge in [-0.1, -0.05) is 18.2 Å². The highest BCUT2D eigenvalue weighted by Crippen LogP contribution is 2.33. The number of hydrogen-bond donors (Lipinski definition) is 2. The van der Waals surface area contributed by atoms with Crippen molar-refractivity contribution < 1.29 is 32.7 Å². The van der Waals surface area contributed by atoms with Crippen LogP contribution in [0.15, 0.2) is 48.5 Å². The van der Waals surface area contributed by atoms with Crippen LogP contribution in [0.25, 0.3) is 0 Å². The molecule has 2 amide bonds. The van der Waals surface area contributed by atoms with Crippen LogP contribution < -0.4 is 10.2 Å². The molecule has 1 atom stereocenters. The highest BCUT2D eigenvalue weighted by Gasteiger charge is 2.40. The molecule has 1 fully saturated rings. The normalized spacial score (nSPS) is 17.1. The fourth-order valence-corrected chi connectivity index (χ4v) is 2.93. The Morgan fingerprint density at radius 1 is 1.14 bits per heavy atom. The molecule has 1 heterocycles. The molecule has 28 heavy (non-hydrogen) atoms. The predicted molar refractivity (Wildman–Crippen MR) is 93.7 cm³/mol. The Morgan fingerprint density at radius 2 is 1.82 bits per heavy atom. The van der Waals surface area contributed by atoms with Gasteiger partial charge in [0.1, 0.15) is 6.04 Å². The molecule has 1 aliphatic rings. The lowest BCUT2D eigenvalue weighted by Gasteiger charge is -2.17. The van der Waals surface area contributed by atoms with Gasteiger partial charge >= 0.3 is 12.1 Å². The summed E-state index contributed by atoms with van der Waals surface area (Å²) in [5.41, 5.74) is -0.0226. The number of alkyl halides is 3. The first kappa shape index (κ1) is 19.4. The third-order valence-corrected chi connectivity index (χ3v) is 4.23. The minimum Gasteiger partial charge on any atom is -0.481 e. The van der Waals surface area contributed by atoms with Crippen LogP contribution in [0.4, 0.5) is 24.5 Å². The number of rotatable bonds is 5. The summed E-state index contributed by atoms with van der Waals surface area (Å²) >= 11 is 0. The van der Waals surface area contributed by atoms with Crippen LogP contribution in [0.2, 0.25) is 0 Å². The van der Waals surface area contributed by atoms with Crippen LogP contribution in [-0.4, -0.2) is 28.9 Å². The van der Waals surface area contributed by atoms with Gasteiger partial charge in [-0.2, -0.15) is 13.2 Å². The van der Waals surface area contributed by atoms with Gasteiger partial charge in [0.25, 0.3) is 5.91 Å². The lowest BCUT2D eigenvalue weighted by Crippen LogP contribution is -2.35. The van der Waals surface area contributed by atoms with E-state index in [0.717, 1.165) is 23.1 Å². The van der Waals surface area contributed by atoms with E-state index < -0.39 is 35.6 Å². The van der Waals surface area contributed by atoms with Crippen molar-refractivity contribution in [3.8, 4) is 0 Å². The fourth-order valence-electron chi connectivity index (χ4n) is 2.93. The molecule has 6 nitrogen and oxygen atoms in total. The standard InChI is InChI=1S/C19H15F3N2O4/c20-19(21,22)12-2-1-3-14(9-12)24-16(25)10-15(18(24)28)23-13-6-4-11(5-7-13)8-17(26)27/h1-7,9,15,23H,8,10H2,(H,26,27)/t15-/m0/s1. The van der Waals surface area contributed by atoms with Crippen molar-refractivity contribution in [3.63, 3.8) is 0 Å². The number of hydrogen-bond acceptors (Lipinski definition) is 4. The van der Waals surface area contributed by atoms with Gasteiger partial charge in [0.15, 0.2) is 0 Å². The van der Waals surface area contributed by atoms with Crippen molar-refractivity contribution in [1.29, 1.82) is 0 Å². The lowest BCUT2D eigenvalue weighted by molar-refractivity contribution is -0.138. The lowest BCUT2D eigenvalue weighted by atomic mass is 10.1. The van der Waals surface area contributed by atoms with Crippen LogP contribution in [0.3, 0.4) is 0 Å². The molecule has 0 bridgehead atoms. The topological polar surface area (TPSA) is 86.7 Å². The third-order valence-electron chi connectivity index (χ3n) is 4.23. The smallest absolute Gasteiger partial charge is 0.416 e. The Balaban J connectivity index is 1.76. The Morgan fingerprint density at radius 3 is 2.43 bits per heavy atom. The summed E-state index contributed by atoms with van der Waals surface area (Å²) in [7, 11) is 0. The van der Waals surface area contributed by atoms with Crippen molar-refractivity contribution in [2.45, 2.75) is 25.1 Å². The number of benzene rings is 2. The van der Waals surface area contributed by atoms with Crippen LogP contribution >= 0.6 is 0 Å². The second-order valence-corrected chi connectivity index (χ2v) is 6.28. The summed E-state index contributed by atoms with van der Waals surface area (Å²) in [5, 5.41) is 11.6. The van der Waals surface area contributed by atoms with Gasteiger partial charge in [-0.05, 0) is 35.9 Å². The molecule has 0 aromatic heterocycles. The molecule has 0 aliphatic carbocycles. The molecule has 1 aliphatic heterocycles. The molecular weight excluding hydrogens is 377 g/mol. The minimum atomic E-state index is -4.59. The van der Waals surface area contributed by atoms with Crippen LogP contribution in [-0.2, 0) is 27.0 Å². The fraction of sp³-hybridized carbons (Fsp3) is 0.211. The Kier molecular flexibility index (Phi) is 5.08. The highest BCUT2D eigenvalue weighted by molar-refractivity contribution is 6.23. The third kappa shape index (κ3) is 4.13. The zero-order valence-electron chi connectivity index (χ0n) is 14.4. The van der Waals surface area contributed by atoms with E-state index in [9.17, 15) is 27.6 Å². The van der Waals surface area contributed by atoms with Gasteiger partial charge in [-0.15, -0.1) is 0 Å². The SMILES string of the molecule is O=C(O)Cc1ccc(N[C@H]2CC(=O)N(c3cccc(C(F)(F)F)c3)C2=O)cc1. The summed E-state index contributed by atoms with van der Waals surface area (Å²) < 4.78 is 38.7. The summed E-state index contributed by atoms with van der Waals surface area (Å²) in [5.74, 6) is -2.24. The second-order valence-electron chi connectivity index (χ2n) is 6.28. The van der Waals surface area contributed by atoms with E-state index >= 15 is 0 Å². The van der Waals surface area contributed by atoms with E-state index in [1.165, 1.54) is 6.07 Å². The van der Waals surface area contributed by atoms with Crippen LogP contribution in [0.5, 0.6) is 0 Å². The van der Waals surface area contributed by atoms with Gasteiger partial charge in [0, 0.05) is 5.69 Å².